The predicted molar refractivity (Wildman–Crippen MR) is 108 cm³/mol. The second kappa shape index (κ2) is 7.89. The molecule has 0 N–H and O–H groups in total. The molecule has 0 unspecified atom stereocenters. The van der Waals surface area contributed by atoms with Crippen LogP contribution in [0.25, 0.3) is 16.3 Å². The molecule has 0 saturated heterocycles. The molecular formula is C19H17N5OS2. The van der Waals surface area contributed by atoms with E-state index in [1.165, 1.54) is 5.56 Å². The Morgan fingerprint density at radius 3 is 2.74 bits per heavy atom. The summed E-state index contributed by atoms with van der Waals surface area (Å²) in [7, 11) is 1.67. The Kier molecular flexibility index (Phi) is 5.17. The number of thiazole rings is 1. The third-order valence-corrected chi connectivity index (χ3v) is 5.83. The Morgan fingerprint density at radius 2 is 1.93 bits per heavy atom. The molecule has 0 spiro atoms. The molecule has 0 aliphatic heterocycles. The van der Waals surface area contributed by atoms with Gasteiger partial charge in [-0.3, -0.25) is 0 Å². The lowest BCUT2D eigenvalue weighted by Crippen LogP contribution is -1.99. The van der Waals surface area contributed by atoms with Gasteiger partial charge < -0.3 is 4.74 Å². The molecule has 4 aromatic rings. The number of ether oxygens (including phenoxy) is 1. The zero-order chi connectivity index (χ0) is 18.6. The number of tetrazole rings is 1. The van der Waals surface area contributed by atoms with Gasteiger partial charge in [0.15, 0.2) is 0 Å². The maximum Gasteiger partial charge on any atom is 0.214 e. The van der Waals surface area contributed by atoms with E-state index in [2.05, 4.69) is 27.8 Å². The number of aryl methyl sites for hydroxylation is 1. The maximum atomic E-state index is 5.43. The lowest BCUT2D eigenvalue weighted by molar-refractivity contribution is 0.416. The van der Waals surface area contributed by atoms with Crippen molar-refractivity contribution < 1.29 is 4.74 Å². The smallest absolute Gasteiger partial charge is 0.214 e. The molecule has 2 aromatic carbocycles. The molecule has 0 aliphatic rings. The molecule has 0 atom stereocenters. The molecule has 0 fully saturated rings. The molecule has 0 aliphatic carbocycles. The van der Waals surface area contributed by atoms with Crippen molar-refractivity contribution in [2.45, 2.75) is 17.8 Å². The monoisotopic (exact) mass is 395 g/mol. The average molecular weight is 396 g/mol. The SMILES string of the molecule is COc1ccccc1-c1nc(CSc2nnnn2-c2ccc(C)cc2)cs1. The van der Waals surface area contributed by atoms with Crippen LogP contribution in [-0.2, 0) is 5.75 Å². The number of rotatable bonds is 6. The first kappa shape index (κ1) is 17.7. The highest BCUT2D eigenvalue weighted by Crippen LogP contribution is 2.33. The number of hydrogen-bond donors (Lipinski definition) is 0. The van der Waals surface area contributed by atoms with Crippen molar-refractivity contribution in [2.75, 3.05) is 7.11 Å². The van der Waals surface area contributed by atoms with Gasteiger partial charge in [0.2, 0.25) is 5.16 Å². The van der Waals surface area contributed by atoms with Crippen molar-refractivity contribution >= 4 is 23.1 Å². The van der Waals surface area contributed by atoms with Crippen LogP contribution in [-0.4, -0.2) is 32.3 Å². The van der Waals surface area contributed by atoms with E-state index in [0.717, 1.165) is 32.9 Å². The second-order valence-corrected chi connectivity index (χ2v) is 7.64. The normalized spacial score (nSPS) is 10.9. The van der Waals surface area contributed by atoms with Crippen LogP contribution >= 0.6 is 23.1 Å². The fourth-order valence-electron chi connectivity index (χ4n) is 2.57. The van der Waals surface area contributed by atoms with Gasteiger partial charge in [0.25, 0.3) is 0 Å². The standard InChI is InChI=1S/C19H17N5OS2/c1-13-7-9-15(10-8-13)24-19(21-22-23-24)27-12-14-11-26-18(20-14)16-5-3-4-6-17(16)25-2/h3-11H,12H2,1-2H3. The van der Waals surface area contributed by atoms with E-state index in [1.807, 2.05) is 48.5 Å². The molecule has 6 nitrogen and oxygen atoms in total. The molecule has 136 valence electrons. The minimum Gasteiger partial charge on any atom is -0.496 e. The summed E-state index contributed by atoms with van der Waals surface area (Å²) in [6.45, 7) is 2.06. The van der Waals surface area contributed by atoms with Gasteiger partial charge in [0, 0.05) is 11.1 Å². The third kappa shape index (κ3) is 3.86. The largest absolute Gasteiger partial charge is 0.496 e. The molecule has 2 aromatic heterocycles. The van der Waals surface area contributed by atoms with Crippen LogP contribution in [0.3, 0.4) is 0 Å². The lowest BCUT2D eigenvalue weighted by Gasteiger charge is -2.05. The highest BCUT2D eigenvalue weighted by Gasteiger charge is 2.13. The van der Waals surface area contributed by atoms with Crippen molar-refractivity contribution in [1.29, 1.82) is 0 Å². The van der Waals surface area contributed by atoms with E-state index in [4.69, 9.17) is 9.72 Å². The molecule has 8 heteroatoms. The fourth-order valence-corrected chi connectivity index (χ4v) is 4.31. The molecule has 4 rings (SSSR count). The first-order chi connectivity index (χ1) is 13.2. The quantitative estimate of drug-likeness (QED) is 0.451. The van der Waals surface area contributed by atoms with E-state index in [1.54, 1.807) is 34.9 Å². The highest BCUT2D eigenvalue weighted by molar-refractivity contribution is 7.98. The van der Waals surface area contributed by atoms with Crippen molar-refractivity contribution in [3.8, 4) is 22.0 Å². The zero-order valence-electron chi connectivity index (χ0n) is 14.9. The number of benzene rings is 2. The van der Waals surface area contributed by atoms with Crippen molar-refractivity contribution in [3.05, 3.63) is 65.2 Å². The molecule has 0 saturated carbocycles. The number of nitrogens with zero attached hydrogens (tertiary/aromatic N) is 5. The minimum absolute atomic E-state index is 0.692. The maximum absolute atomic E-state index is 5.43. The summed E-state index contributed by atoms with van der Waals surface area (Å²) in [6.07, 6.45) is 0. The zero-order valence-corrected chi connectivity index (χ0v) is 16.5. The van der Waals surface area contributed by atoms with Crippen molar-refractivity contribution in [3.63, 3.8) is 0 Å². The van der Waals surface area contributed by atoms with Crippen molar-refractivity contribution in [1.82, 2.24) is 25.2 Å². The van der Waals surface area contributed by atoms with E-state index >= 15 is 0 Å². The Labute approximate surface area is 165 Å². The van der Waals surface area contributed by atoms with Crippen molar-refractivity contribution in [2.24, 2.45) is 0 Å². The van der Waals surface area contributed by atoms with Crippen LogP contribution in [0.15, 0.2) is 59.1 Å². The fraction of sp³-hybridized carbons (Fsp3) is 0.158. The van der Waals surface area contributed by atoms with Gasteiger partial charge in [-0.05, 0) is 41.6 Å². The number of aromatic nitrogens is 5. The van der Waals surface area contributed by atoms with Crippen LogP contribution in [0.2, 0.25) is 0 Å². The Hall–Kier alpha value is -2.71. The topological polar surface area (TPSA) is 65.7 Å². The summed E-state index contributed by atoms with van der Waals surface area (Å²) in [5.74, 6) is 1.52. The molecule has 0 radical (unpaired) electrons. The molecule has 0 amide bonds. The number of para-hydroxylation sites is 1. The first-order valence-electron chi connectivity index (χ1n) is 8.30. The van der Waals surface area contributed by atoms with Gasteiger partial charge in [-0.1, -0.05) is 41.6 Å². The number of thioether (sulfide) groups is 1. The summed E-state index contributed by atoms with van der Waals surface area (Å²) in [5.41, 5.74) is 4.14. The van der Waals surface area contributed by atoms with Crippen LogP contribution < -0.4 is 4.74 Å². The lowest BCUT2D eigenvalue weighted by atomic mass is 10.2. The second-order valence-electron chi connectivity index (χ2n) is 5.84. The third-order valence-electron chi connectivity index (χ3n) is 3.96. The number of hydrogen-bond acceptors (Lipinski definition) is 7. The van der Waals surface area contributed by atoms with E-state index in [-0.39, 0.29) is 0 Å². The van der Waals surface area contributed by atoms with E-state index in [9.17, 15) is 0 Å². The average Bonchev–Trinajstić information content (AvgIpc) is 3.36. The molecular weight excluding hydrogens is 378 g/mol. The Morgan fingerprint density at radius 1 is 1.11 bits per heavy atom. The number of methoxy groups -OCH3 is 1. The summed E-state index contributed by atoms with van der Waals surface area (Å²) >= 11 is 3.17. The molecule has 27 heavy (non-hydrogen) atoms. The van der Waals surface area contributed by atoms with Crippen LogP contribution in [0.5, 0.6) is 5.75 Å². The van der Waals surface area contributed by atoms with Gasteiger partial charge in [-0.25, -0.2) is 4.98 Å². The summed E-state index contributed by atoms with van der Waals surface area (Å²) in [5, 5.41) is 15.8. The molecule has 2 heterocycles. The predicted octanol–water partition coefficient (Wildman–Crippen LogP) is 4.40. The first-order valence-corrected chi connectivity index (χ1v) is 10.2. The Bertz CT molecular complexity index is 1040. The molecule has 0 bridgehead atoms. The van der Waals surface area contributed by atoms with Gasteiger partial charge in [0.05, 0.1) is 24.1 Å². The summed E-state index contributed by atoms with van der Waals surface area (Å²) < 4.78 is 7.18. The van der Waals surface area contributed by atoms with Crippen LogP contribution in [0.4, 0.5) is 0 Å². The van der Waals surface area contributed by atoms with Gasteiger partial charge >= 0.3 is 0 Å². The van der Waals surface area contributed by atoms with Crippen LogP contribution in [0.1, 0.15) is 11.3 Å². The van der Waals surface area contributed by atoms with E-state index in [0.29, 0.717) is 5.75 Å². The van der Waals surface area contributed by atoms with E-state index < -0.39 is 0 Å². The van der Waals surface area contributed by atoms with Gasteiger partial charge in [-0.15, -0.1) is 16.4 Å². The Balaban J connectivity index is 1.50. The van der Waals surface area contributed by atoms with Gasteiger partial charge in [0.1, 0.15) is 10.8 Å². The summed E-state index contributed by atoms with van der Waals surface area (Å²) in [4.78, 5) is 4.74. The van der Waals surface area contributed by atoms with Crippen LogP contribution in [0, 0.1) is 6.92 Å². The van der Waals surface area contributed by atoms with Gasteiger partial charge in [-0.2, -0.15) is 4.68 Å². The summed E-state index contributed by atoms with van der Waals surface area (Å²) in [6, 6.07) is 16.0. The minimum atomic E-state index is 0.692. The highest BCUT2D eigenvalue weighted by atomic mass is 32.2.